The quantitative estimate of drug-likeness (QED) is 0.366. The van der Waals surface area contributed by atoms with Crippen LogP contribution in [0, 0.1) is 0 Å². The van der Waals surface area contributed by atoms with Gasteiger partial charge >= 0.3 is 5.63 Å². The van der Waals surface area contributed by atoms with Crippen LogP contribution in [0.25, 0.3) is 21.9 Å². The number of rotatable bonds is 6. The minimum absolute atomic E-state index is 0.148. The second-order valence-corrected chi connectivity index (χ2v) is 8.57. The van der Waals surface area contributed by atoms with Gasteiger partial charge in [0.1, 0.15) is 17.4 Å². The van der Waals surface area contributed by atoms with Crippen molar-refractivity contribution in [3.05, 3.63) is 75.8 Å². The summed E-state index contributed by atoms with van der Waals surface area (Å²) < 4.78 is 10.4. The summed E-state index contributed by atoms with van der Waals surface area (Å²) in [7, 11) is 1.50. The average Bonchev–Trinajstić information content (AvgIpc) is 3.24. The van der Waals surface area contributed by atoms with Gasteiger partial charge in [-0.1, -0.05) is 18.2 Å². The largest absolute Gasteiger partial charge is 0.497 e. The van der Waals surface area contributed by atoms with Crippen LogP contribution in [0.1, 0.15) is 16.8 Å². The SMILES string of the molecule is COc1ccc2c(CC(=O)N[C@@H](CO)C(=O)N3CCc4c([nH]c5ccccc45)C3)cc(=O)oc2c1. The van der Waals surface area contributed by atoms with E-state index in [9.17, 15) is 19.5 Å². The number of aromatic nitrogens is 1. The molecular weight excluding hydrogens is 450 g/mol. The first kappa shape index (κ1) is 22.7. The van der Waals surface area contributed by atoms with Gasteiger partial charge in [0.25, 0.3) is 0 Å². The molecule has 2 amide bonds. The molecule has 0 saturated carbocycles. The third-order valence-electron chi connectivity index (χ3n) is 6.40. The van der Waals surface area contributed by atoms with Crippen molar-refractivity contribution >= 4 is 33.7 Å². The van der Waals surface area contributed by atoms with Gasteiger partial charge in [-0.05, 0) is 35.7 Å². The minimum atomic E-state index is -1.08. The molecule has 9 nitrogen and oxygen atoms in total. The summed E-state index contributed by atoms with van der Waals surface area (Å²) in [6.07, 6.45) is 0.538. The van der Waals surface area contributed by atoms with Gasteiger partial charge in [0.05, 0.1) is 26.7 Å². The van der Waals surface area contributed by atoms with Crippen LogP contribution in [0.3, 0.4) is 0 Å². The Kier molecular flexibility index (Phi) is 6.00. The second-order valence-electron chi connectivity index (χ2n) is 8.57. The number of nitrogens with zero attached hydrogens (tertiary/aromatic N) is 1. The van der Waals surface area contributed by atoms with Crippen LogP contribution in [0.5, 0.6) is 5.75 Å². The summed E-state index contributed by atoms with van der Waals surface area (Å²) in [5.41, 5.74) is 3.35. The topological polar surface area (TPSA) is 125 Å². The predicted molar refractivity (Wildman–Crippen MR) is 129 cm³/mol. The van der Waals surface area contributed by atoms with Crippen molar-refractivity contribution in [2.45, 2.75) is 25.4 Å². The molecule has 0 unspecified atom stereocenters. The molecule has 3 N–H and O–H groups in total. The van der Waals surface area contributed by atoms with Gasteiger partial charge in [0.15, 0.2) is 0 Å². The van der Waals surface area contributed by atoms with Gasteiger partial charge in [-0.2, -0.15) is 0 Å². The molecule has 2 aromatic heterocycles. The fraction of sp³-hybridized carbons (Fsp3) is 0.269. The second kappa shape index (κ2) is 9.27. The highest BCUT2D eigenvalue weighted by molar-refractivity contribution is 5.92. The van der Waals surface area contributed by atoms with E-state index in [-0.39, 0.29) is 12.3 Å². The van der Waals surface area contributed by atoms with Crippen molar-refractivity contribution < 1.29 is 23.8 Å². The number of methoxy groups -OCH3 is 1. The number of aliphatic hydroxyl groups is 1. The van der Waals surface area contributed by atoms with Gasteiger partial charge in [-0.3, -0.25) is 9.59 Å². The smallest absolute Gasteiger partial charge is 0.336 e. The van der Waals surface area contributed by atoms with Crippen LogP contribution in [0.4, 0.5) is 0 Å². The van der Waals surface area contributed by atoms with Crippen molar-refractivity contribution in [2.75, 3.05) is 20.3 Å². The normalized spacial score (nSPS) is 14.1. The van der Waals surface area contributed by atoms with Crippen molar-refractivity contribution in [3.8, 4) is 5.75 Å². The number of para-hydroxylation sites is 1. The molecule has 0 aliphatic carbocycles. The Bertz CT molecular complexity index is 1490. The van der Waals surface area contributed by atoms with Crippen LogP contribution in [0.15, 0.2) is 57.7 Å². The van der Waals surface area contributed by atoms with E-state index in [1.165, 1.54) is 18.7 Å². The van der Waals surface area contributed by atoms with E-state index in [4.69, 9.17) is 9.15 Å². The fourth-order valence-corrected chi connectivity index (χ4v) is 4.69. The van der Waals surface area contributed by atoms with Gasteiger partial charge in [0, 0.05) is 40.7 Å². The molecule has 1 atom stereocenters. The molecule has 0 radical (unpaired) electrons. The van der Waals surface area contributed by atoms with E-state index in [1.54, 1.807) is 23.1 Å². The zero-order valence-corrected chi connectivity index (χ0v) is 19.2. The molecular formula is C26H25N3O6. The number of fused-ring (bicyclic) bond motifs is 4. The third kappa shape index (κ3) is 4.38. The molecule has 180 valence electrons. The highest BCUT2D eigenvalue weighted by Gasteiger charge is 2.29. The summed E-state index contributed by atoms with van der Waals surface area (Å²) in [4.78, 5) is 43.0. The Labute approximate surface area is 200 Å². The van der Waals surface area contributed by atoms with E-state index in [0.29, 0.717) is 41.8 Å². The van der Waals surface area contributed by atoms with Crippen LogP contribution in [-0.2, 0) is 29.0 Å². The zero-order chi connectivity index (χ0) is 24.5. The number of H-pyrrole nitrogens is 1. The molecule has 3 heterocycles. The molecule has 9 heteroatoms. The molecule has 1 aliphatic heterocycles. The van der Waals surface area contributed by atoms with Crippen LogP contribution in [0.2, 0.25) is 0 Å². The van der Waals surface area contributed by atoms with E-state index in [0.717, 1.165) is 16.6 Å². The van der Waals surface area contributed by atoms with Crippen molar-refractivity contribution in [3.63, 3.8) is 0 Å². The maximum absolute atomic E-state index is 13.1. The minimum Gasteiger partial charge on any atom is -0.497 e. The van der Waals surface area contributed by atoms with Crippen LogP contribution in [-0.4, -0.2) is 53.1 Å². The molecule has 0 bridgehead atoms. The highest BCUT2D eigenvalue weighted by atomic mass is 16.5. The standard InChI is InChI=1S/C26H25N3O6/c1-34-16-6-7-17-15(11-25(32)35-23(17)12-16)10-24(31)28-22(14-30)26(33)29-9-8-19-18-4-2-3-5-20(18)27-21(19)13-29/h2-7,11-12,22,27,30H,8-10,13-14H2,1H3,(H,28,31)/t22-/m0/s1. The lowest BCUT2D eigenvalue weighted by molar-refractivity contribution is -0.138. The number of carbonyl (C=O) groups is 2. The van der Waals surface area contributed by atoms with E-state index >= 15 is 0 Å². The number of amides is 2. The summed E-state index contributed by atoms with van der Waals surface area (Å²) in [6, 6.07) is 13.2. The van der Waals surface area contributed by atoms with E-state index in [2.05, 4.69) is 16.4 Å². The molecule has 0 saturated heterocycles. The Hall–Kier alpha value is -4.11. The number of nitrogens with one attached hydrogen (secondary N) is 2. The molecule has 1 aliphatic rings. The summed E-state index contributed by atoms with van der Waals surface area (Å²) in [5.74, 6) is -0.316. The Morgan fingerprint density at radius 3 is 2.83 bits per heavy atom. The number of carbonyl (C=O) groups excluding carboxylic acids is 2. The first-order valence-corrected chi connectivity index (χ1v) is 11.3. The summed E-state index contributed by atoms with van der Waals surface area (Å²) >= 11 is 0. The Balaban J connectivity index is 1.30. The van der Waals surface area contributed by atoms with E-state index < -0.39 is 24.2 Å². The van der Waals surface area contributed by atoms with Gasteiger partial charge in [0.2, 0.25) is 11.8 Å². The number of aliphatic hydroxyl groups excluding tert-OH is 1. The van der Waals surface area contributed by atoms with Crippen molar-refractivity contribution in [2.24, 2.45) is 0 Å². The van der Waals surface area contributed by atoms with Crippen molar-refractivity contribution in [1.82, 2.24) is 15.2 Å². The zero-order valence-electron chi connectivity index (χ0n) is 19.2. The lowest BCUT2D eigenvalue weighted by Crippen LogP contribution is -2.51. The summed E-state index contributed by atoms with van der Waals surface area (Å²) in [5, 5.41) is 14.2. The molecule has 2 aromatic carbocycles. The van der Waals surface area contributed by atoms with Gasteiger partial charge in [-0.15, -0.1) is 0 Å². The molecule has 35 heavy (non-hydrogen) atoms. The third-order valence-corrected chi connectivity index (χ3v) is 6.40. The molecule has 4 aromatic rings. The van der Waals surface area contributed by atoms with Crippen molar-refractivity contribution in [1.29, 1.82) is 0 Å². The van der Waals surface area contributed by atoms with Gasteiger partial charge < -0.3 is 29.5 Å². The van der Waals surface area contributed by atoms with E-state index in [1.807, 2.05) is 18.2 Å². The van der Waals surface area contributed by atoms with Crippen LogP contribution < -0.4 is 15.7 Å². The highest BCUT2D eigenvalue weighted by Crippen LogP contribution is 2.28. The first-order valence-electron chi connectivity index (χ1n) is 11.3. The maximum atomic E-state index is 13.1. The first-order chi connectivity index (χ1) is 17.0. The maximum Gasteiger partial charge on any atom is 0.336 e. The Morgan fingerprint density at radius 1 is 1.20 bits per heavy atom. The van der Waals surface area contributed by atoms with Gasteiger partial charge in [-0.25, -0.2) is 4.79 Å². The summed E-state index contributed by atoms with van der Waals surface area (Å²) in [6.45, 7) is 0.336. The number of hydrogen-bond acceptors (Lipinski definition) is 6. The Morgan fingerprint density at radius 2 is 2.03 bits per heavy atom. The monoisotopic (exact) mass is 475 g/mol. The predicted octanol–water partition coefficient (Wildman–Crippen LogP) is 1.89. The lowest BCUT2D eigenvalue weighted by atomic mass is 10.0. The number of benzene rings is 2. The number of aromatic amines is 1. The van der Waals surface area contributed by atoms with Crippen LogP contribution >= 0.6 is 0 Å². The number of hydrogen-bond donors (Lipinski definition) is 3. The number of ether oxygens (including phenoxy) is 1. The molecule has 0 fully saturated rings. The fourth-order valence-electron chi connectivity index (χ4n) is 4.69. The lowest BCUT2D eigenvalue weighted by Gasteiger charge is -2.30. The molecule has 0 spiro atoms. The average molecular weight is 476 g/mol. The molecule has 5 rings (SSSR count).